The number of carboxylic acid groups (broad SMARTS) is 2. The Hall–Kier alpha value is -3.15. The summed E-state index contributed by atoms with van der Waals surface area (Å²) in [7, 11) is 0. The lowest BCUT2D eigenvalue weighted by Crippen LogP contribution is -1.91. The SMILES string of the molecule is C=COC(C)=O.C=Cc1ccccc1.O=C(O)C=CC(=O)O. The molecular weight excluding hydrogens is 288 g/mol. The third-order valence-corrected chi connectivity index (χ3v) is 1.65. The maximum atomic E-state index is 9.75. The van der Waals surface area contributed by atoms with Crippen molar-refractivity contribution in [2.24, 2.45) is 0 Å². The normalized spacial score (nSPS) is 8.41. The van der Waals surface area contributed by atoms with Crippen molar-refractivity contribution in [2.75, 3.05) is 0 Å². The number of carbonyl (C=O) groups is 3. The first kappa shape index (κ1) is 21.2. The van der Waals surface area contributed by atoms with Gasteiger partial charge in [-0.25, -0.2) is 9.59 Å². The van der Waals surface area contributed by atoms with Crippen LogP contribution >= 0.6 is 0 Å². The van der Waals surface area contributed by atoms with Gasteiger partial charge in [-0.2, -0.15) is 0 Å². The van der Waals surface area contributed by atoms with E-state index in [1.807, 2.05) is 36.4 Å². The first-order valence-corrected chi connectivity index (χ1v) is 5.93. The van der Waals surface area contributed by atoms with E-state index >= 15 is 0 Å². The van der Waals surface area contributed by atoms with Gasteiger partial charge in [0.05, 0.1) is 6.26 Å². The average molecular weight is 306 g/mol. The number of esters is 1. The quantitative estimate of drug-likeness (QED) is 0.504. The molecule has 22 heavy (non-hydrogen) atoms. The van der Waals surface area contributed by atoms with Gasteiger partial charge < -0.3 is 14.9 Å². The molecule has 2 N–H and O–H groups in total. The highest BCUT2D eigenvalue weighted by Gasteiger charge is 1.88. The highest BCUT2D eigenvalue weighted by molar-refractivity contribution is 5.89. The van der Waals surface area contributed by atoms with Gasteiger partial charge in [0.1, 0.15) is 0 Å². The minimum atomic E-state index is -1.26. The lowest BCUT2D eigenvalue weighted by atomic mass is 10.2. The molecule has 1 aromatic rings. The predicted molar refractivity (Wildman–Crippen MR) is 82.9 cm³/mol. The molecule has 0 fully saturated rings. The lowest BCUT2D eigenvalue weighted by molar-refractivity contribution is -0.135. The molecule has 0 saturated carbocycles. The Morgan fingerprint density at radius 2 is 1.45 bits per heavy atom. The summed E-state index contributed by atoms with van der Waals surface area (Å²) >= 11 is 0. The topological polar surface area (TPSA) is 101 Å². The molecule has 0 aliphatic carbocycles. The van der Waals surface area contributed by atoms with E-state index in [2.05, 4.69) is 17.9 Å². The van der Waals surface area contributed by atoms with E-state index in [0.717, 1.165) is 6.26 Å². The summed E-state index contributed by atoms with van der Waals surface area (Å²) in [5, 5.41) is 15.6. The maximum Gasteiger partial charge on any atom is 0.328 e. The molecule has 6 heteroatoms. The van der Waals surface area contributed by atoms with Gasteiger partial charge in [0.25, 0.3) is 0 Å². The van der Waals surface area contributed by atoms with Crippen LogP contribution in [-0.4, -0.2) is 28.1 Å². The maximum absolute atomic E-state index is 9.75. The van der Waals surface area contributed by atoms with E-state index in [1.165, 1.54) is 12.5 Å². The first-order valence-electron chi connectivity index (χ1n) is 5.93. The molecular formula is C16H18O6. The second kappa shape index (κ2) is 14.3. The number of ether oxygens (including phenoxy) is 1. The molecule has 0 aromatic heterocycles. The lowest BCUT2D eigenvalue weighted by Gasteiger charge is -1.85. The van der Waals surface area contributed by atoms with Gasteiger partial charge in [0.2, 0.25) is 0 Å². The van der Waals surface area contributed by atoms with Crippen LogP contribution in [0.1, 0.15) is 12.5 Å². The summed E-state index contributed by atoms with van der Waals surface area (Å²) in [4.78, 5) is 28.9. The summed E-state index contributed by atoms with van der Waals surface area (Å²) in [6, 6.07) is 10.0. The summed E-state index contributed by atoms with van der Waals surface area (Å²) in [5.41, 5.74) is 1.17. The third kappa shape index (κ3) is 19.2. The Kier molecular flexibility index (Phi) is 13.7. The van der Waals surface area contributed by atoms with Crippen LogP contribution in [0, 0.1) is 0 Å². The number of hydrogen-bond donors (Lipinski definition) is 2. The zero-order chi connectivity index (χ0) is 17.4. The van der Waals surface area contributed by atoms with Crippen molar-refractivity contribution < 1.29 is 29.3 Å². The highest BCUT2D eigenvalue weighted by Crippen LogP contribution is 1.97. The minimum Gasteiger partial charge on any atom is -0.478 e. The van der Waals surface area contributed by atoms with Crippen LogP contribution in [-0.2, 0) is 19.1 Å². The Morgan fingerprint density at radius 3 is 1.64 bits per heavy atom. The number of aliphatic carboxylic acids is 2. The van der Waals surface area contributed by atoms with Crippen LogP contribution in [0.5, 0.6) is 0 Å². The fourth-order valence-electron chi connectivity index (χ4n) is 0.849. The average Bonchev–Trinajstić information content (AvgIpc) is 2.47. The van der Waals surface area contributed by atoms with Crippen molar-refractivity contribution in [1.29, 1.82) is 0 Å². The van der Waals surface area contributed by atoms with Crippen LogP contribution in [0.2, 0.25) is 0 Å². The second-order valence-corrected chi connectivity index (χ2v) is 3.40. The molecule has 0 amide bonds. The van der Waals surface area contributed by atoms with E-state index < -0.39 is 11.9 Å². The van der Waals surface area contributed by atoms with Crippen LogP contribution in [0.15, 0.2) is 61.9 Å². The van der Waals surface area contributed by atoms with Crippen molar-refractivity contribution in [2.45, 2.75) is 6.92 Å². The molecule has 0 aliphatic heterocycles. The van der Waals surface area contributed by atoms with Gasteiger partial charge in [-0.3, -0.25) is 4.79 Å². The van der Waals surface area contributed by atoms with Gasteiger partial charge >= 0.3 is 17.9 Å². The summed E-state index contributed by atoms with van der Waals surface area (Å²) in [5.74, 6) is -2.84. The van der Waals surface area contributed by atoms with Gasteiger partial charge in [-0.1, -0.05) is 49.6 Å². The fourth-order valence-corrected chi connectivity index (χ4v) is 0.849. The van der Waals surface area contributed by atoms with Crippen molar-refractivity contribution in [3.05, 3.63) is 67.5 Å². The van der Waals surface area contributed by atoms with Gasteiger partial charge in [0.15, 0.2) is 0 Å². The summed E-state index contributed by atoms with van der Waals surface area (Å²) in [6.07, 6.45) is 4.05. The van der Waals surface area contributed by atoms with Crippen LogP contribution in [0.3, 0.4) is 0 Å². The number of carboxylic acids is 2. The molecule has 0 spiro atoms. The second-order valence-electron chi connectivity index (χ2n) is 3.40. The summed E-state index contributed by atoms with van der Waals surface area (Å²) < 4.78 is 4.17. The van der Waals surface area contributed by atoms with Crippen molar-refractivity contribution in [3.63, 3.8) is 0 Å². The molecule has 0 radical (unpaired) electrons. The number of hydrogen-bond acceptors (Lipinski definition) is 4. The Morgan fingerprint density at radius 1 is 1.00 bits per heavy atom. The van der Waals surface area contributed by atoms with Crippen molar-refractivity contribution >= 4 is 24.0 Å². The molecule has 0 bridgehead atoms. The Bertz CT molecular complexity index is 501. The number of rotatable bonds is 4. The van der Waals surface area contributed by atoms with E-state index in [0.29, 0.717) is 12.2 Å². The molecule has 6 nitrogen and oxygen atoms in total. The van der Waals surface area contributed by atoms with E-state index in [9.17, 15) is 14.4 Å². The number of carbonyl (C=O) groups excluding carboxylic acids is 1. The van der Waals surface area contributed by atoms with E-state index in [1.54, 1.807) is 0 Å². The molecule has 1 aromatic carbocycles. The van der Waals surface area contributed by atoms with Crippen molar-refractivity contribution in [1.82, 2.24) is 0 Å². The Labute approximate surface area is 128 Å². The molecule has 0 heterocycles. The highest BCUT2D eigenvalue weighted by atomic mass is 16.5. The van der Waals surface area contributed by atoms with Gasteiger partial charge in [-0.15, -0.1) is 0 Å². The first-order chi connectivity index (χ1) is 10.3. The molecule has 0 atom stereocenters. The molecule has 0 aliphatic rings. The van der Waals surface area contributed by atoms with Crippen LogP contribution in [0.25, 0.3) is 6.08 Å². The zero-order valence-corrected chi connectivity index (χ0v) is 12.1. The smallest absolute Gasteiger partial charge is 0.328 e. The monoisotopic (exact) mass is 306 g/mol. The molecule has 118 valence electrons. The standard InChI is InChI=1S/C8H8.C4H4O4.C4H6O2/c1-2-8-6-4-3-5-7-8;5-3(6)1-2-4(7)8;1-3-6-4(2)5/h2-7H,1H2;1-2H,(H,5,6)(H,7,8);3H,1H2,2H3. The molecule has 0 unspecified atom stereocenters. The minimum absolute atomic E-state index is 0.329. The van der Waals surface area contributed by atoms with E-state index in [4.69, 9.17) is 10.2 Å². The van der Waals surface area contributed by atoms with Crippen molar-refractivity contribution in [3.8, 4) is 0 Å². The largest absolute Gasteiger partial charge is 0.478 e. The van der Waals surface area contributed by atoms with Crippen LogP contribution < -0.4 is 0 Å². The molecule has 0 saturated heterocycles. The third-order valence-electron chi connectivity index (χ3n) is 1.65. The number of benzene rings is 1. The van der Waals surface area contributed by atoms with Gasteiger partial charge in [-0.05, 0) is 5.56 Å². The zero-order valence-electron chi connectivity index (χ0n) is 12.1. The molecule has 1 rings (SSSR count). The van der Waals surface area contributed by atoms with Gasteiger partial charge in [0, 0.05) is 19.1 Å². The van der Waals surface area contributed by atoms with Crippen LogP contribution in [0.4, 0.5) is 0 Å². The van der Waals surface area contributed by atoms with E-state index in [-0.39, 0.29) is 5.97 Å². The predicted octanol–water partition coefficient (Wildman–Crippen LogP) is 2.73. The Balaban J connectivity index is 0. The summed E-state index contributed by atoms with van der Waals surface area (Å²) in [6.45, 7) is 8.11. The fraction of sp³-hybridized carbons (Fsp3) is 0.0625.